The molecule has 5 aromatic rings. The molecule has 1 heterocycles. The van der Waals surface area contributed by atoms with Gasteiger partial charge in [0.25, 0.3) is 22.1 Å². The average molecular weight is 449 g/mol. The molecule has 165 valence electrons. The van der Waals surface area contributed by atoms with Crippen molar-refractivity contribution < 1.29 is 29.2 Å². The van der Waals surface area contributed by atoms with Gasteiger partial charge >= 0.3 is 14.6 Å². The van der Waals surface area contributed by atoms with Gasteiger partial charge in [-0.2, -0.15) is 9.13 Å². The Kier molecular flexibility index (Phi) is 6.38. The highest BCUT2D eigenvalue weighted by Gasteiger charge is 2.28. The van der Waals surface area contributed by atoms with Crippen molar-refractivity contribution in [3.8, 4) is 0 Å². The maximum atomic E-state index is 9.90. The minimum atomic E-state index is -1.54. The zero-order valence-electron chi connectivity index (χ0n) is 18.5. The number of rotatable bonds is 7. The molecule has 6 nitrogen and oxygen atoms in total. The van der Waals surface area contributed by atoms with E-state index < -0.39 is 7.12 Å². The molecule has 0 bridgehead atoms. The number of hydrogen-bond acceptors (Lipinski definition) is 4. The molecule has 0 spiro atoms. The first-order valence-corrected chi connectivity index (χ1v) is 11.1. The second kappa shape index (κ2) is 9.75. The Balaban J connectivity index is 1.73. The predicted molar refractivity (Wildman–Crippen MR) is 132 cm³/mol. The monoisotopic (exact) mass is 449 g/mol. The minimum Gasteiger partial charge on any atom is -0.423 e. The van der Waals surface area contributed by atoms with Crippen LogP contribution in [0.4, 0.5) is 0 Å². The third-order valence-corrected chi connectivity index (χ3v) is 6.15. The summed E-state index contributed by atoms with van der Waals surface area (Å²) in [7, 11) is -0.204. The lowest BCUT2D eigenvalue weighted by Crippen LogP contribution is -2.48. The van der Waals surface area contributed by atoms with Gasteiger partial charge in [-0.3, -0.25) is 5.26 Å². The van der Waals surface area contributed by atoms with Gasteiger partial charge in [0.15, 0.2) is 13.1 Å². The summed E-state index contributed by atoms with van der Waals surface area (Å²) >= 11 is 0. The van der Waals surface area contributed by atoms with E-state index >= 15 is 0 Å². The number of benzene rings is 4. The number of aromatic nitrogens is 2. The van der Waals surface area contributed by atoms with Crippen LogP contribution < -0.4 is 20.1 Å². The maximum Gasteiger partial charge on any atom is 0.488 e. The van der Waals surface area contributed by atoms with Crippen molar-refractivity contribution in [1.82, 2.24) is 0 Å². The number of fused-ring (bicyclic) bond motifs is 2. The van der Waals surface area contributed by atoms with E-state index in [0.717, 1.165) is 38.7 Å². The average Bonchev–Trinajstić information content (AvgIpc) is 2.87. The highest BCUT2D eigenvalue weighted by Crippen LogP contribution is 2.15. The third kappa shape index (κ3) is 4.20. The van der Waals surface area contributed by atoms with Crippen molar-refractivity contribution in [3.05, 3.63) is 108 Å². The molecule has 0 atom stereocenters. The van der Waals surface area contributed by atoms with Gasteiger partial charge in [0.05, 0.1) is 0 Å². The Morgan fingerprint density at radius 3 is 1.59 bits per heavy atom. The fourth-order valence-electron chi connectivity index (χ4n) is 4.56. The second-order valence-corrected chi connectivity index (χ2v) is 8.14. The van der Waals surface area contributed by atoms with E-state index in [9.17, 15) is 10.0 Å². The molecule has 8 heteroatoms. The first-order valence-electron chi connectivity index (χ1n) is 11.1. The lowest BCUT2D eigenvalue weighted by molar-refractivity contribution is -0.675. The smallest absolute Gasteiger partial charge is 0.423 e. The zero-order chi connectivity index (χ0) is 23.5. The standard InChI is InChI=1S/C26H22B2N2O4/c31-28(32)22-12-4-2-10-20(22)18-30-25-15-7-5-13-23(25)29(24-14-6-8-16-26(24)30)17-19-9-1-3-11-21(19)27-34-33/h1-16,31-32H,17-18H2/q+1/p+1. The molecular formula is C26H23B2N2O4+2. The topological polar surface area (TPSA) is 77.7 Å². The van der Waals surface area contributed by atoms with Gasteiger partial charge in [0.1, 0.15) is 0 Å². The van der Waals surface area contributed by atoms with E-state index in [-0.39, 0.29) is 0 Å². The molecular weight excluding hydrogens is 426 g/mol. The molecule has 4 aromatic carbocycles. The third-order valence-electron chi connectivity index (χ3n) is 6.15. The van der Waals surface area contributed by atoms with Crippen molar-refractivity contribution in [3.63, 3.8) is 0 Å². The van der Waals surface area contributed by atoms with Crippen molar-refractivity contribution in [2.75, 3.05) is 0 Å². The van der Waals surface area contributed by atoms with Gasteiger partial charge in [-0.05, 0) is 10.9 Å². The van der Waals surface area contributed by atoms with Gasteiger partial charge in [-0.25, -0.2) is 0 Å². The summed E-state index contributed by atoms with van der Waals surface area (Å²) in [6.07, 6.45) is 0. The Hall–Kier alpha value is -3.55. The number of hydrogen-bond donors (Lipinski definition) is 3. The molecule has 0 aliphatic rings. The van der Waals surface area contributed by atoms with Gasteiger partial charge < -0.3 is 14.9 Å². The Morgan fingerprint density at radius 2 is 1.06 bits per heavy atom. The van der Waals surface area contributed by atoms with Crippen LogP contribution >= 0.6 is 0 Å². The molecule has 0 aliphatic heterocycles. The highest BCUT2D eigenvalue weighted by atomic mass is 17.1. The Labute approximate surface area is 198 Å². The molecule has 0 aliphatic carbocycles. The second-order valence-electron chi connectivity index (χ2n) is 8.14. The van der Waals surface area contributed by atoms with Gasteiger partial charge in [0.2, 0.25) is 0 Å². The molecule has 1 radical (unpaired) electrons. The van der Waals surface area contributed by atoms with Crippen LogP contribution in [0.2, 0.25) is 0 Å². The van der Waals surface area contributed by atoms with Crippen LogP contribution in [0.25, 0.3) is 22.1 Å². The molecule has 0 amide bonds. The Morgan fingerprint density at radius 1 is 0.618 bits per heavy atom. The van der Waals surface area contributed by atoms with Crippen LogP contribution in [-0.4, -0.2) is 29.9 Å². The van der Waals surface area contributed by atoms with Crippen LogP contribution in [0.1, 0.15) is 11.1 Å². The molecule has 0 unspecified atom stereocenters. The predicted octanol–water partition coefficient (Wildman–Crippen LogP) is 1.08. The van der Waals surface area contributed by atoms with Crippen molar-refractivity contribution >= 4 is 47.6 Å². The van der Waals surface area contributed by atoms with Crippen LogP contribution in [0.3, 0.4) is 0 Å². The first kappa shape index (κ1) is 22.3. The largest absolute Gasteiger partial charge is 0.488 e. The van der Waals surface area contributed by atoms with Crippen molar-refractivity contribution in [1.29, 1.82) is 0 Å². The van der Waals surface area contributed by atoms with Gasteiger partial charge in [-0.15, -0.1) is 0 Å². The summed E-state index contributed by atoms with van der Waals surface area (Å²) < 4.78 is 4.45. The SMILES string of the molecule is OO[B]c1ccccc1C[n+]1c2ccccc2[n+](Cc2ccccc2B(O)O)c2ccccc21. The maximum absolute atomic E-state index is 9.90. The quantitative estimate of drug-likeness (QED) is 0.114. The Bertz CT molecular complexity index is 1420. The fraction of sp³-hybridized carbons (Fsp3) is 0.0769. The molecule has 0 fully saturated rings. The number of para-hydroxylation sites is 4. The van der Waals surface area contributed by atoms with E-state index in [1.165, 1.54) is 7.48 Å². The van der Waals surface area contributed by atoms with Crippen LogP contribution in [0.15, 0.2) is 97.1 Å². The minimum absolute atomic E-state index is 0.485. The molecule has 0 saturated heterocycles. The van der Waals surface area contributed by atoms with E-state index in [1.807, 2.05) is 66.7 Å². The molecule has 5 rings (SSSR count). The van der Waals surface area contributed by atoms with Crippen molar-refractivity contribution in [2.24, 2.45) is 0 Å². The molecule has 0 saturated carbocycles. The summed E-state index contributed by atoms with van der Waals surface area (Å²) in [5.41, 5.74) is 7.23. The highest BCUT2D eigenvalue weighted by molar-refractivity contribution is 6.59. The van der Waals surface area contributed by atoms with E-state index in [1.54, 1.807) is 6.07 Å². The normalized spacial score (nSPS) is 11.1. The molecule has 1 aromatic heterocycles. The lowest BCUT2D eigenvalue weighted by atomic mass is 9.77. The van der Waals surface area contributed by atoms with E-state index in [4.69, 9.17) is 5.26 Å². The lowest BCUT2D eigenvalue weighted by Gasteiger charge is -2.11. The molecule has 34 heavy (non-hydrogen) atoms. The van der Waals surface area contributed by atoms with Crippen molar-refractivity contribution in [2.45, 2.75) is 13.1 Å². The van der Waals surface area contributed by atoms with Gasteiger partial charge in [-0.1, -0.05) is 72.8 Å². The number of nitrogens with zero attached hydrogens (tertiary/aromatic N) is 2. The summed E-state index contributed by atoms with van der Waals surface area (Å²) in [6.45, 7) is 1.06. The van der Waals surface area contributed by atoms with Crippen LogP contribution in [0, 0.1) is 0 Å². The van der Waals surface area contributed by atoms with E-state index in [0.29, 0.717) is 18.6 Å². The fourth-order valence-corrected chi connectivity index (χ4v) is 4.56. The molecule has 3 N–H and O–H groups in total. The van der Waals surface area contributed by atoms with Gasteiger partial charge in [0, 0.05) is 35.4 Å². The van der Waals surface area contributed by atoms with E-state index in [2.05, 4.69) is 38.2 Å². The van der Waals surface area contributed by atoms with Crippen LogP contribution in [0.5, 0.6) is 0 Å². The summed E-state index contributed by atoms with van der Waals surface area (Å²) in [5, 5.41) is 28.8. The van der Waals surface area contributed by atoms with Crippen LogP contribution in [-0.2, 0) is 17.9 Å². The zero-order valence-corrected chi connectivity index (χ0v) is 18.5. The summed E-state index contributed by atoms with van der Waals surface area (Å²) in [4.78, 5) is 4.32. The first-order chi connectivity index (χ1) is 16.7. The summed E-state index contributed by atoms with van der Waals surface area (Å²) in [6, 6.07) is 31.5. The summed E-state index contributed by atoms with van der Waals surface area (Å²) in [5.74, 6) is 0.